The minimum absolute atomic E-state index is 0.0615. The molecule has 0 saturated heterocycles. The van der Waals surface area contributed by atoms with Gasteiger partial charge in [0.05, 0.1) is 26.7 Å². The SMILES string of the molecule is COc1ccc(OC)c([C@@H]2CC(=O)Nc3c2cnn3Cc2ccco2)c1. The van der Waals surface area contributed by atoms with Gasteiger partial charge in [-0.15, -0.1) is 0 Å². The smallest absolute Gasteiger partial charge is 0.226 e. The molecule has 0 fully saturated rings. The zero-order valence-electron chi connectivity index (χ0n) is 14.6. The van der Waals surface area contributed by atoms with E-state index in [9.17, 15) is 4.79 Å². The van der Waals surface area contributed by atoms with E-state index < -0.39 is 0 Å². The Morgan fingerprint density at radius 2 is 2.15 bits per heavy atom. The maximum Gasteiger partial charge on any atom is 0.226 e. The summed E-state index contributed by atoms with van der Waals surface area (Å²) in [5.41, 5.74) is 1.85. The lowest BCUT2D eigenvalue weighted by atomic mass is 9.86. The molecule has 1 amide bonds. The summed E-state index contributed by atoms with van der Waals surface area (Å²) >= 11 is 0. The van der Waals surface area contributed by atoms with Crippen molar-refractivity contribution >= 4 is 11.7 Å². The van der Waals surface area contributed by atoms with Gasteiger partial charge in [0.2, 0.25) is 5.91 Å². The van der Waals surface area contributed by atoms with Gasteiger partial charge in [-0.2, -0.15) is 5.10 Å². The molecule has 134 valence electrons. The number of carbonyl (C=O) groups is 1. The molecule has 7 nitrogen and oxygen atoms in total. The number of rotatable bonds is 5. The van der Waals surface area contributed by atoms with Crippen LogP contribution in [0.5, 0.6) is 11.5 Å². The third-order valence-corrected chi connectivity index (χ3v) is 4.59. The number of aromatic nitrogens is 2. The molecule has 0 unspecified atom stereocenters. The van der Waals surface area contributed by atoms with Crippen LogP contribution in [-0.4, -0.2) is 29.9 Å². The highest BCUT2D eigenvalue weighted by atomic mass is 16.5. The number of benzene rings is 1. The Balaban J connectivity index is 1.77. The van der Waals surface area contributed by atoms with Crippen LogP contribution >= 0.6 is 0 Å². The number of nitrogens with one attached hydrogen (secondary N) is 1. The largest absolute Gasteiger partial charge is 0.497 e. The standard InChI is InChI=1S/C19H19N3O4/c1-24-12-5-6-17(25-2)15(8-12)14-9-18(23)21-19-16(14)10-20-22(19)11-13-4-3-7-26-13/h3-8,10,14H,9,11H2,1-2H3,(H,21,23)/t14-/m0/s1. The maximum absolute atomic E-state index is 12.4. The molecule has 4 rings (SSSR count). The van der Waals surface area contributed by atoms with E-state index in [1.807, 2.05) is 30.3 Å². The van der Waals surface area contributed by atoms with Crippen LogP contribution in [0, 0.1) is 0 Å². The predicted octanol–water partition coefficient (Wildman–Crippen LogP) is 3.02. The third kappa shape index (κ3) is 2.81. The van der Waals surface area contributed by atoms with Crippen molar-refractivity contribution < 1.29 is 18.7 Å². The molecule has 0 saturated carbocycles. The van der Waals surface area contributed by atoms with Gasteiger partial charge in [0.1, 0.15) is 29.6 Å². The van der Waals surface area contributed by atoms with Gasteiger partial charge in [-0.25, -0.2) is 4.68 Å². The Kier molecular flexibility index (Phi) is 4.12. The molecule has 1 aromatic carbocycles. The van der Waals surface area contributed by atoms with Crippen LogP contribution < -0.4 is 14.8 Å². The normalized spacial score (nSPS) is 16.1. The summed E-state index contributed by atoms with van der Waals surface area (Å²) in [6, 6.07) is 9.31. The van der Waals surface area contributed by atoms with E-state index in [-0.39, 0.29) is 11.8 Å². The van der Waals surface area contributed by atoms with Crippen LogP contribution in [0.1, 0.15) is 29.2 Å². The van der Waals surface area contributed by atoms with Crippen LogP contribution in [-0.2, 0) is 11.3 Å². The summed E-state index contributed by atoms with van der Waals surface area (Å²) in [4.78, 5) is 12.4. The summed E-state index contributed by atoms with van der Waals surface area (Å²) in [5, 5.41) is 7.39. The lowest BCUT2D eigenvalue weighted by Gasteiger charge is -2.25. The molecule has 0 spiro atoms. The predicted molar refractivity (Wildman–Crippen MR) is 94.7 cm³/mol. The van der Waals surface area contributed by atoms with Gasteiger partial charge in [0.25, 0.3) is 0 Å². The monoisotopic (exact) mass is 353 g/mol. The number of methoxy groups -OCH3 is 2. The fourth-order valence-electron chi connectivity index (χ4n) is 3.33. The van der Waals surface area contributed by atoms with Gasteiger partial charge >= 0.3 is 0 Å². The van der Waals surface area contributed by atoms with Crippen LogP contribution in [0.2, 0.25) is 0 Å². The average Bonchev–Trinajstić information content (AvgIpc) is 3.31. The molecule has 3 aromatic rings. The summed E-state index contributed by atoms with van der Waals surface area (Å²) in [6.07, 6.45) is 3.73. The van der Waals surface area contributed by atoms with Gasteiger partial charge in [-0.3, -0.25) is 4.79 Å². The molecule has 7 heteroatoms. The second-order valence-corrected chi connectivity index (χ2v) is 6.10. The number of ether oxygens (including phenoxy) is 2. The van der Waals surface area contributed by atoms with E-state index in [0.29, 0.717) is 18.8 Å². The fraction of sp³-hybridized carbons (Fsp3) is 0.263. The summed E-state index contributed by atoms with van der Waals surface area (Å²) in [5.74, 6) is 2.67. The summed E-state index contributed by atoms with van der Waals surface area (Å²) < 4.78 is 18.0. The van der Waals surface area contributed by atoms with Gasteiger partial charge < -0.3 is 19.2 Å². The molecule has 1 atom stereocenters. The first kappa shape index (κ1) is 16.3. The number of hydrogen-bond donors (Lipinski definition) is 1. The van der Waals surface area contributed by atoms with E-state index in [1.54, 1.807) is 31.4 Å². The highest BCUT2D eigenvalue weighted by molar-refractivity contribution is 5.94. The van der Waals surface area contributed by atoms with Crippen LogP contribution in [0.25, 0.3) is 0 Å². The molecular weight excluding hydrogens is 334 g/mol. The van der Waals surface area contributed by atoms with Crippen LogP contribution in [0.3, 0.4) is 0 Å². The van der Waals surface area contributed by atoms with Gasteiger partial charge in [0.15, 0.2) is 0 Å². The van der Waals surface area contributed by atoms with Crippen molar-refractivity contribution in [2.75, 3.05) is 19.5 Å². The van der Waals surface area contributed by atoms with E-state index >= 15 is 0 Å². The molecule has 26 heavy (non-hydrogen) atoms. The number of carbonyl (C=O) groups excluding carboxylic acids is 1. The molecule has 0 bridgehead atoms. The first-order chi connectivity index (χ1) is 12.7. The number of nitrogens with zero attached hydrogens (tertiary/aromatic N) is 2. The Morgan fingerprint density at radius 3 is 2.88 bits per heavy atom. The second-order valence-electron chi connectivity index (χ2n) is 6.10. The number of fused-ring (bicyclic) bond motifs is 1. The minimum Gasteiger partial charge on any atom is -0.497 e. The highest BCUT2D eigenvalue weighted by Gasteiger charge is 2.32. The molecular formula is C19H19N3O4. The zero-order chi connectivity index (χ0) is 18.1. The maximum atomic E-state index is 12.4. The number of furan rings is 1. The van der Waals surface area contributed by atoms with Crippen LogP contribution in [0.15, 0.2) is 47.2 Å². The van der Waals surface area contributed by atoms with E-state index in [0.717, 1.165) is 28.4 Å². The molecule has 1 N–H and O–H groups in total. The lowest BCUT2D eigenvalue weighted by Crippen LogP contribution is -2.25. The quantitative estimate of drug-likeness (QED) is 0.763. The van der Waals surface area contributed by atoms with Gasteiger partial charge in [-0.05, 0) is 30.3 Å². The molecule has 1 aliphatic heterocycles. The summed E-state index contributed by atoms with van der Waals surface area (Å²) in [7, 11) is 3.24. The fourth-order valence-corrected chi connectivity index (χ4v) is 3.33. The molecule has 3 heterocycles. The Labute approximate surface area is 150 Å². The van der Waals surface area contributed by atoms with Gasteiger partial charge in [-0.1, -0.05) is 0 Å². The van der Waals surface area contributed by atoms with Crippen molar-refractivity contribution in [3.05, 3.63) is 59.7 Å². The first-order valence-corrected chi connectivity index (χ1v) is 8.29. The van der Waals surface area contributed by atoms with Crippen molar-refractivity contribution in [1.29, 1.82) is 0 Å². The number of hydrogen-bond acceptors (Lipinski definition) is 5. The molecule has 2 aromatic heterocycles. The van der Waals surface area contributed by atoms with Crippen LogP contribution in [0.4, 0.5) is 5.82 Å². The molecule has 1 aliphatic rings. The third-order valence-electron chi connectivity index (χ3n) is 4.59. The number of anilines is 1. The van der Waals surface area contributed by atoms with Crippen molar-refractivity contribution in [3.63, 3.8) is 0 Å². The van der Waals surface area contributed by atoms with E-state index in [1.165, 1.54) is 0 Å². The second kappa shape index (κ2) is 6.59. The first-order valence-electron chi connectivity index (χ1n) is 8.29. The van der Waals surface area contributed by atoms with Gasteiger partial charge in [0, 0.05) is 23.5 Å². The highest BCUT2D eigenvalue weighted by Crippen LogP contribution is 2.42. The van der Waals surface area contributed by atoms with Crippen molar-refractivity contribution in [2.24, 2.45) is 0 Å². The number of amides is 1. The zero-order valence-corrected chi connectivity index (χ0v) is 14.6. The Bertz CT molecular complexity index is 930. The Morgan fingerprint density at radius 1 is 1.27 bits per heavy atom. The lowest BCUT2D eigenvalue weighted by molar-refractivity contribution is -0.116. The molecule has 0 radical (unpaired) electrons. The van der Waals surface area contributed by atoms with E-state index in [2.05, 4.69) is 10.4 Å². The van der Waals surface area contributed by atoms with Crippen molar-refractivity contribution in [3.8, 4) is 11.5 Å². The average molecular weight is 353 g/mol. The summed E-state index contributed by atoms with van der Waals surface area (Å²) in [6.45, 7) is 0.449. The molecule has 0 aliphatic carbocycles. The van der Waals surface area contributed by atoms with Crippen molar-refractivity contribution in [2.45, 2.75) is 18.9 Å². The minimum atomic E-state index is -0.158. The Hall–Kier alpha value is -3.22. The van der Waals surface area contributed by atoms with E-state index in [4.69, 9.17) is 13.9 Å². The topological polar surface area (TPSA) is 78.5 Å². The van der Waals surface area contributed by atoms with Crippen molar-refractivity contribution in [1.82, 2.24) is 9.78 Å².